The van der Waals surface area contributed by atoms with E-state index in [2.05, 4.69) is 5.32 Å². The zero-order chi connectivity index (χ0) is 15.6. The molecule has 6 heteroatoms. The Morgan fingerprint density at radius 2 is 2.09 bits per heavy atom. The number of rotatable bonds is 2. The molecule has 0 aromatic carbocycles. The van der Waals surface area contributed by atoms with Crippen molar-refractivity contribution in [3.63, 3.8) is 0 Å². The van der Waals surface area contributed by atoms with E-state index in [1.54, 1.807) is 19.1 Å². The van der Waals surface area contributed by atoms with E-state index < -0.39 is 0 Å². The van der Waals surface area contributed by atoms with Crippen molar-refractivity contribution < 1.29 is 18.7 Å². The SMILES string of the molecule is CC(=O)N1CCC2(CCOC[C@H]2NC(=O)c2ccco2)CC1. The Morgan fingerprint density at radius 1 is 1.32 bits per heavy atom. The van der Waals surface area contributed by atoms with Gasteiger partial charge in [-0.25, -0.2) is 0 Å². The van der Waals surface area contributed by atoms with Gasteiger partial charge in [0.2, 0.25) is 5.91 Å². The van der Waals surface area contributed by atoms with Crippen LogP contribution in [0, 0.1) is 5.41 Å². The van der Waals surface area contributed by atoms with Gasteiger partial charge in [0.15, 0.2) is 5.76 Å². The van der Waals surface area contributed by atoms with E-state index in [1.165, 1.54) is 6.26 Å². The van der Waals surface area contributed by atoms with Crippen LogP contribution in [0.3, 0.4) is 0 Å². The van der Waals surface area contributed by atoms with Crippen LogP contribution < -0.4 is 5.32 Å². The molecular weight excluding hydrogens is 284 g/mol. The first-order valence-corrected chi connectivity index (χ1v) is 7.78. The summed E-state index contributed by atoms with van der Waals surface area (Å²) in [5, 5.41) is 3.06. The molecule has 1 atom stereocenters. The van der Waals surface area contributed by atoms with Gasteiger partial charge in [-0.15, -0.1) is 0 Å². The molecule has 0 radical (unpaired) electrons. The van der Waals surface area contributed by atoms with Crippen LogP contribution >= 0.6 is 0 Å². The number of likely N-dealkylation sites (tertiary alicyclic amines) is 1. The highest BCUT2D eigenvalue weighted by molar-refractivity contribution is 5.91. The van der Waals surface area contributed by atoms with Gasteiger partial charge >= 0.3 is 0 Å². The van der Waals surface area contributed by atoms with E-state index >= 15 is 0 Å². The van der Waals surface area contributed by atoms with E-state index in [0.29, 0.717) is 19.0 Å². The second-order valence-corrected chi connectivity index (χ2v) is 6.20. The molecule has 3 rings (SSSR count). The minimum Gasteiger partial charge on any atom is -0.459 e. The molecule has 1 aromatic rings. The highest BCUT2D eigenvalue weighted by atomic mass is 16.5. The summed E-state index contributed by atoms with van der Waals surface area (Å²) in [6.07, 6.45) is 4.22. The number of carbonyl (C=O) groups excluding carboxylic acids is 2. The third-order valence-electron chi connectivity index (χ3n) is 5.02. The maximum absolute atomic E-state index is 12.2. The van der Waals surface area contributed by atoms with Crippen molar-refractivity contribution in [1.82, 2.24) is 10.2 Å². The van der Waals surface area contributed by atoms with Gasteiger partial charge in [0.1, 0.15) is 0 Å². The number of furan rings is 1. The number of hydrogen-bond acceptors (Lipinski definition) is 4. The van der Waals surface area contributed by atoms with Crippen LogP contribution in [-0.4, -0.2) is 49.1 Å². The van der Waals surface area contributed by atoms with Crippen LogP contribution in [0.15, 0.2) is 22.8 Å². The maximum atomic E-state index is 12.2. The number of piperidine rings is 1. The third kappa shape index (κ3) is 2.88. The van der Waals surface area contributed by atoms with Crippen LogP contribution in [0.4, 0.5) is 0 Å². The van der Waals surface area contributed by atoms with Crippen LogP contribution in [0.5, 0.6) is 0 Å². The molecule has 1 N–H and O–H groups in total. The van der Waals surface area contributed by atoms with E-state index in [0.717, 1.165) is 32.4 Å². The molecule has 0 aliphatic carbocycles. The Balaban J connectivity index is 1.69. The summed E-state index contributed by atoms with van der Waals surface area (Å²) in [6, 6.07) is 3.32. The predicted molar refractivity (Wildman–Crippen MR) is 79.3 cm³/mol. The molecule has 120 valence electrons. The topological polar surface area (TPSA) is 71.8 Å². The summed E-state index contributed by atoms with van der Waals surface area (Å²) in [4.78, 5) is 25.6. The molecule has 1 aromatic heterocycles. The van der Waals surface area contributed by atoms with Crippen LogP contribution in [0.1, 0.15) is 36.7 Å². The molecule has 22 heavy (non-hydrogen) atoms. The largest absolute Gasteiger partial charge is 0.459 e. The van der Waals surface area contributed by atoms with Crippen molar-refractivity contribution in [2.24, 2.45) is 5.41 Å². The van der Waals surface area contributed by atoms with Crippen LogP contribution in [0.2, 0.25) is 0 Å². The fourth-order valence-electron chi connectivity index (χ4n) is 3.52. The number of carbonyl (C=O) groups is 2. The van der Waals surface area contributed by atoms with Gasteiger partial charge in [-0.3, -0.25) is 9.59 Å². The van der Waals surface area contributed by atoms with Gasteiger partial charge in [0.05, 0.1) is 18.9 Å². The summed E-state index contributed by atoms with van der Waals surface area (Å²) in [5.74, 6) is 0.244. The highest BCUT2D eigenvalue weighted by Crippen LogP contribution is 2.41. The molecule has 0 unspecified atom stereocenters. The van der Waals surface area contributed by atoms with Crippen molar-refractivity contribution >= 4 is 11.8 Å². The minimum atomic E-state index is -0.200. The normalized spacial score (nSPS) is 24.2. The second kappa shape index (κ2) is 6.12. The Morgan fingerprint density at radius 3 is 2.73 bits per heavy atom. The summed E-state index contributed by atoms with van der Waals surface area (Å²) in [5.41, 5.74) is 0.0203. The van der Waals surface area contributed by atoms with Gasteiger partial charge in [-0.2, -0.15) is 0 Å². The van der Waals surface area contributed by atoms with E-state index in [-0.39, 0.29) is 23.3 Å². The van der Waals surface area contributed by atoms with Crippen LogP contribution in [0.25, 0.3) is 0 Å². The summed E-state index contributed by atoms with van der Waals surface area (Å²) >= 11 is 0. The fourth-order valence-corrected chi connectivity index (χ4v) is 3.52. The fraction of sp³-hybridized carbons (Fsp3) is 0.625. The van der Waals surface area contributed by atoms with Gasteiger partial charge < -0.3 is 19.4 Å². The van der Waals surface area contributed by atoms with Gasteiger partial charge in [-0.1, -0.05) is 0 Å². The van der Waals surface area contributed by atoms with Crippen molar-refractivity contribution in [3.8, 4) is 0 Å². The smallest absolute Gasteiger partial charge is 0.287 e. The average Bonchev–Trinajstić information content (AvgIpc) is 3.04. The monoisotopic (exact) mass is 306 g/mol. The molecule has 2 saturated heterocycles. The molecule has 2 amide bonds. The lowest BCUT2D eigenvalue weighted by Gasteiger charge is -2.48. The van der Waals surface area contributed by atoms with E-state index in [4.69, 9.17) is 9.15 Å². The zero-order valence-electron chi connectivity index (χ0n) is 12.8. The first-order valence-electron chi connectivity index (χ1n) is 7.78. The number of hydrogen-bond donors (Lipinski definition) is 1. The van der Waals surface area contributed by atoms with Crippen molar-refractivity contribution in [1.29, 1.82) is 0 Å². The molecule has 1 spiro atoms. The van der Waals surface area contributed by atoms with Crippen molar-refractivity contribution in [2.75, 3.05) is 26.3 Å². The summed E-state index contributed by atoms with van der Waals surface area (Å²) in [7, 11) is 0. The van der Waals surface area contributed by atoms with Crippen molar-refractivity contribution in [2.45, 2.75) is 32.2 Å². The molecule has 2 fully saturated rings. The van der Waals surface area contributed by atoms with Gasteiger partial charge in [0, 0.05) is 26.6 Å². The van der Waals surface area contributed by atoms with Crippen molar-refractivity contribution in [3.05, 3.63) is 24.2 Å². The second-order valence-electron chi connectivity index (χ2n) is 6.20. The minimum absolute atomic E-state index is 0.0203. The summed E-state index contributed by atoms with van der Waals surface area (Å²) < 4.78 is 10.7. The third-order valence-corrected chi connectivity index (χ3v) is 5.02. The summed E-state index contributed by atoms with van der Waals surface area (Å²) in [6.45, 7) is 4.35. The van der Waals surface area contributed by atoms with Gasteiger partial charge in [-0.05, 0) is 36.8 Å². The lowest BCUT2D eigenvalue weighted by molar-refractivity contribution is -0.133. The molecule has 2 aliphatic rings. The quantitative estimate of drug-likeness (QED) is 0.897. The van der Waals surface area contributed by atoms with E-state index in [9.17, 15) is 9.59 Å². The number of nitrogens with zero attached hydrogens (tertiary/aromatic N) is 1. The molecule has 2 aliphatic heterocycles. The van der Waals surface area contributed by atoms with E-state index in [1.807, 2.05) is 4.90 Å². The molecule has 3 heterocycles. The molecule has 0 saturated carbocycles. The maximum Gasteiger partial charge on any atom is 0.287 e. The Hall–Kier alpha value is -1.82. The molecule has 0 bridgehead atoms. The number of ether oxygens (including phenoxy) is 1. The lowest BCUT2D eigenvalue weighted by Crippen LogP contribution is -2.57. The first kappa shape index (κ1) is 15.1. The van der Waals surface area contributed by atoms with Crippen LogP contribution in [-0.2, 0) is 9.53 Å². The molecule has 6 nitrogen and oxygen atoms in total. The Kier molecular flexibility index (Phi) is 4.20. The Bertz CT molecular complexity index is 532. The highest BCUT2D eigenvalue weighted by Gasteiger charge is 2.44. The first-order chi connectivity index (χ1) is 10.6. The van der Waals surface area contributed by atoms with Gasteiger partial charge in [0.25, 0.3) is 5.91 Å². The lowest BCUT2D eigenvalue weighted by atomic mass is 9.69. The predicted octanol–water partition coefficient (Wildman–Crippen LogP) is 1.43. The number of nitrogens with one attached hydrogen (secondary N) is 1. The number of amides is 2. The molecular formula is C16H22N2O4. The average molecular weight is 306 g/mol. The Labute approximate surface area is 129 Å². The standard InChI is InChI=1S/C16H22N2O4/c1-12(19)18-7-4-16(5-8-18)6-10-21-11-14(16)17-15(20)13-3-2-9-22-13/h2-3,9,14H,4-8,10-11H2,1H3,(H,17,20)/t14-/m1/s1. The zero-order valence-corrected chi connectivity index (χ0v) is 12.8.